The van der Waals surface area contributed by atoms with Crippen molar-refractivity contribution in [2.45, 2.75) is 27.2 Å². The Morgan fingerprint density at radius 2 is 1.87 bits per heavy atom. The molecule has 15 heavy (non-hydrogen) atoms. The molecule has 0 atom stereocenters. The van der Waals surface area contributed by atoms with Gasteiger partial charge in [-0.3, -0.25) is 4.98 Å². The summed E-state index contributed by atoms with van der Waals surface area (Å²) in [6.45, 7) is 6.24. The molecule has 0 aliphatic heterocycles. The molecule has 0 aliphatic rings. The number of benzene rings is 1. The fraction of sp³-hybridized carbons (Fsp3) is 0.308. The molecule has 0 amide bonds. The minimum Gasteiger partial charge on any atom is -0.252 e. The smallest absolute Gasteiger partial charge is 0.0752 e. The van der Waals surface area contributed by atoms with E-state index in [1.807, 2.05) is 6.07 Å². The van der Waals surface area contributed by atoms with Crippen molar-refractivity contribution in [1.82, 2.24) is 4.98 Å². The molecule has 78 valence electrons. The standard InChI is InChI=1S/C13H14ClN/c1-4-10-7-11(14)12-8(2)5-6-9(3)13(12)15-10/h5-7H,4H2,1-3H3. The van der Waals surface area contributed by atoms with Crippen molar-refractivity contribution >= 4 is 22.5 Å². The van der Waals surface area contributed by atoms with Gasteiger partial charge in [0.15, 0.2) is 0 Å². The molecule has 2 aromatic rings. The van der Waals surface area contributed by atoms with Gasteiger partial charge in [0.2, 0.25) is 0 Å². The molecule has 2 heteroatoms. The third-order valence-corrected chi connectivity index (χ3v) is 3.04. The zero-order valence-electron chi connectivity index (χ0n) is 9.26. The number of rotatable bonds is 1. The molecule has 1 heterocycles. The van der Waals surface area contributed by atoms with Gasteiger partial charge in [-0.25, -0.2) is 0 Å². The van der Waals surface area contributed by atoms with Crippen LogP contribution in [-0.4, -0.2) is 4.98 Å². The summed E-state index contributed by atoms with van der Waals surface area (Å²) in [5, 5.41) is 1.91. The molecule has 0 saturated heterocycles. The summed E-state index contributed by atoms with van der Waals surface area (Å²) in [7, 11) is 0. The lowest BCUT2D eigenvalue weighted by Gasteiger charge is -2.08. The van der Waals surface area contributed by atoms with Crippen molar-refractivity contribution in [3.8, 4) is 0 Å². The van der Waals surface area contributed by atoms with Crippen LogP contribution in [0.4, 0.5) is 0 Å². The van der Waals surface area contributed by atoms with Crippen LogP contribution in [0.15, 0.2) is 18.2 Å². The maximum Gasteiger partial charge on any atom is 0.0752 e. The van der Waals surface area contributed by atoms with Crippen LogP contribution in [0, 0.1) is 13.8 Å². The van der Waals surface area contributed by atoms with Crippen molar-refractivity contribution in [2.75, 3.05) is 0 Å². The maximum atomic E-state index is 6.28. The van der Waals surface area contributed by atoms with Gasteiger partial charge in [-0.05, 0) is 37.5 Å². The van der Waals surface area contributed by atoms with Crippen molar-refractivity contribution in [1.29, 1.82) is 0 Å². The molecule has 0 radical (unpaired) electrons. The predicted molar refractivity (Wildman–Crippen MR) is 65.6 cm³/mol. The highest BCUT2D eigenvalue weighted by molar-refractivity contribution is 6.35. The Kier molecular flexibility index (Phi) is 2.66. The normalized spacial score (nSPS) is 10.9. The van der Waals surface area contributed by atoms with E-state index >= 15 is 0 Å². The zero-order chi connectivity index (χ0) is 11.0. The fourth-order valence-electron chi connectivity index (χ4n) is 1.82. The zero-order valence-corrected chi connectivity index (χ0v) is 10.0. The van der Waals surface area contributed by atoms with Crippen LogP contribution in [0.2, 0.25) is 5.02 Å². The third-order valence-electron chi connectivity index (χ3n) is 2.74. The van der Waals surface area contributed by atoms with E-state index in [-0.39, 0.29) is 0 Å². The van der Waals surface area contributed by atoms with E-state index < -0.39 is 0 Å². The van der Waals surface area contributed by atoms with Crippen LogP contribution in [-0.2, 0) is 6.42 Å². The minimum atomic E-state index is 0.818. The first kappa shape index (κ1) is 10.4. The van der Waals surface area contributed by atoms with Gasteiger partial charge < -0.3 is 0 Å². The Balaban J connectivity index is 2.90. The second-order valence-corrected chi connectivity index (χ2v) is 4.28. The molecule has 1 nitrogen and oxygen atoms in total. The van der Waals surface area contributed by atoms with Crippen molar-refractivity contribution in [3.05, 3.63) is 40.0 Å². The van der Waals surface area contributed by atoms with Gasteiger partial charge in [-0.2, -0.15) is 0 Å². The van der Waals surface area contributed by atoms with Crippen LogP contribution in [0.3, 0.4) is 0 Å². The van der Waals surface area contributed by atoms with Crippen LogP contribution in [0.25, 0.3) is 10.9 Å². The van der Waals surface area contributed by atoms with E-state index in [9.17, 15) is 0 Å². The van der Waals surface area contributed by atoms with E-state index in [4.69, 9.17) is 11.6 Å². The highest BCUT2D eigenvalue weighted by Gasteiger charge is 2.07. The number of hydrogen-bond donors (Lipinski definition) is 0. The second kappa shape index (κ2) is 3.82. The first-order chi connectivity index (χ1) is 7.13. The minimum absolute atomic E-state index is 0.818. The Bertz CT molecular complexity index is 517. The van der Waals surface area contributed by atoms with E-state index in [1.54, 1.807) is 0 Å². The van der Waals surface area contributed by atoms with E-state index in [0.29, 0.717) is 0 Å². The topological polar surface area (TPSA) is 12.9 Å². The Labute approximate surface area is 95.1 Å². The number of aromatic nitrogens is 1. The average Bonchev–Trinajstić information content (AvgIpc) is 2.23. The van der Waals surface area contributed by atoms with Gasteiger partial charge in [0.1, 0.15) is 0 Å². The summed E-state index contributed by atoms with van der Waals surface area (Å²) < 4.78 is 0. The Hall–Kier alpha value is -1.08. The summed E-state index contributed by atoms with van der Waals surface area (Å²) in [6.07, 6.45) is 0.920. The van der Waals surface area contributed by atoms with Crippen LogP contribution < -0.4 is 0 Å². The largest absolute Gasteiger partial charge is 0.252 e. The molecule has 1 aromatic carbocycles. The predicted octanol–water partition coefficient (Wildman–Crippen LogP) is 4.07. The molecule has 0 aliphatic carbocycles. The van der Waals surface area contributed by atoms with Gasteiger partial charge >= 0.3 is 0 Å². The van der Waals surface area contributed by atoms with Gasteiger partial charge in [-0.15, -0.1) is 0 Å². The fourth-order valence-corrected chi connectivity index (χ4v) is 2.18. The Morgan fingerprint density at radius 1 is 1.20 bits per heavy atom. The van der Waals surface area contributed by atoms with Gasteiger partial charge in [0.05, 0.1) is 10.5 Å². The second-order valence-electron chi connectivity index (χ2n) is 3.87. The lowest BCUT2D eigenvalue weighted by Crippen LogP contribution is -1.93. The molecule has 2 rings (SSSR count). The van der Waals surface area contributed by atoms with Crippen molar-refractivity contribution in [3.63, 3.8) is 0 Å². The number of aryl methyl sites for hydroxylation is 3. The molecule has 1 aromatic heterocycles. The third kappa shape index (κ3) is 1.72. The van der Waals surface area contributed by atoms with Gasteiger partial charge in [0, 0.05) is 11.1 Å². The molecule has 0 unspecified atom stereocenters. The molecule has 0 saturated carbocycles. The first-order valence-corrected chi connectivity index (χ1v) is 5.56. The highest BCUT2D eigenvalue weighted by Crippen LogP contribution is 2.28. The molecule has 0 N–H and O–H groups in total. The summed E-state index contributed by atoms with van der Waals surface area (Å²) in [4.78, 5) is 4.63. The molecule has 0 bridgehead atoms. The summed E-state index contributed by atoms with van der Waals surface area (Å²) in [5.74, 6) is 0. The van der Waals surface area contributed by atoms with Crippen LogP contribution in [0.1, 0.15) is 23.7 Å². The molecular formula is C13H14ClN. The monoisotopic (exact) mass is 219 g/mol. The molecule has 0 fully saturated rings. The summed E-state index contributed by atoms with van der Waals surface area (Å²) in [6, 6.07) is 6.16. The number of hydrogen-bond acceptors (Lipinski definition) is 1. The first-order valence-electron chi connectivity index (χ1n) is 5.18. The number of nitrogens with zero attached hydrogens (tertiary/aromatic N) is 1. The summed E-state index contributed by atoms with van der Waals surface area (Å²) in [5.41, 5.74) is 4.48. The highest BCUT2D eigenvalue weighted by atomic mass is 35.5. The lowest BCUT2D eigenvalue weighted by atomic mass is 10.0. The molecule has 0 spiro atoms. The van der Waals surface area contributed by atoms with Gasteiger partial charge in [0.25, 0.3) is 0 Å². The number of halogens is 1. The Morgan fingerprint density at radius 3 is 2.53 bits per heavy atom. The van der Waals surface area contributed by atoms with Crippen LogP contribution in [0.5, 0.6) is 0 Å². The number of fused-ring (bicyclic) bond motifs is 1. The van der Waals surface area contributed by atoms with Crippen molar-refractivity contribution in [2.24, 2.45) is 0 Å². The lowest BCUT2D eigenvalue weighted by molar-refractivity contribution is 1.05. The maximum absolute atomic E-state index is 6.28. The van der Waals surface area contributed by atoms with Crippen LogP contribution >= 0.6 is 11.6 Å². The van der Waals surface area contributed by atoms with E-state index in [0.717, 1.165) is 28.0 Å². The van der Waals surface area contributed by atoms with E-state index in [1.165, 1.54) is 11.1 Å². The number of pyridine rings is 1. The van der Waals surface area contributed by atoms with Crippen molar-refractivity contribution < 1.29 is 0 Å². The SMILES string of the molecule is CCc1cc(Cl)c2c(C)ccc(C)c2n1. The molecular weight excluding hydrogens is 206 g/mol. The average molecular weight is 220 g/mol. The quantitative estimate of drug-likeness (QED) is 0.705. The summed E-state index contributed by atoms with van der Waals surface area (Å²) >= 11 is 6.28. The van der Waals surface area contributed by atoms with Gasteiger partial charge in [-0.1, -0.05) is 30.7 Å². The van der Waals surface area contributed by atoms with E-state index in [2.05, 4.69) is 37.9 Å².